The van der Waals surface area contributed by atoms with Crippen molar-refractivity contribution < 1.29 is 9.32 Å². The van der Waals surface area contributed by atoms with Crippen LogP contribution in [0.15, 0.2) is 34.9 Å². The van der Waals surface area contributed by atoms with E-state index in [0.717, 1.165) is 20.9 Å². The molecule has 7 heteroatoms. The Balaban J connectivity index is 1.65. The summed E-state index contributed by atoms with van der Waals surface area (Å²) < 4.78 is 6.21. The smallest absolute Gasteiger partial charge is 0.318 e. The maximum absolute atomic E-state index is 12.3. The van der Waals surface area contributed by atoms with Gasteiger partial charge in [0.25, 0.3) is 0 Å². The first-order valence-electron chi connectivity index (χ1n) is 7.33. The minimum absolute atomic E-state index is 0.108. The highest BCUT2D eigenvalue weighted by Crippen LogP contribution is 2.28. The first kappa shape index (κ1) is 15.5. The minimum Gasteiger partial charge on any atom is -0.359 e. The molecule has 1 N–H and O–H groups in total. The number of nitrogens with one attached hydrogen (secondary N) is 1. The number of carbonyl (C=O) groups is 1. The van der Waals surface area contributed by atoms with Gasteiger partial charge in [-0.15, -0.1) is 11.3 Å². The second-order valence-electron chi connectivity index (χ2n) is 5.40. The van der Waals surface area contributed by atoms with Crippen molar-refractivity contribution >= 4 is 27.6 Å². The first-order chi connectivity index (χ1) is 11.0. The Labute approximate surface area is 138 Å². The normalized spacial score (nSPS) is 12.3. The van der Waals surface area contributed by atoms with Gasteiger partial charge in [-0.3, -0.25) is 0 Å². The molecule has 0 bridgehead atoms. The Bertz CT molecular complexity index is 793. The number of aromatic nitrogens is 2. The fourth-order valence-corrected chi connectivity index (χ4v) is 3.26. The van der Waals surface area contributed by atoms with Crippen LogP contribution in [0.1, 0.15) is 29.4 Å². The first-order valence-corrected chi connectivity index (χ1v) is 8.14. The van der Waals surface area contributed by atoms with Crippen molar-refractivity contribution in [2.45, 2.75) is 26.4 Å². The predicted molar refractivity (Wildman–Crippen MR) is 89.3 cm³/mol. The summed E-state index contributed by atoms with van der Waals surface area (Å²) in [6, 6.07) is 9.49. The quantitative estimate of drug-likeness (QED) is 0.795. The average molecular weight is 330 g/mol. The number of aryl methyl sites for hydroxylation is 1. The third-order valence-electron chi connectivity index (χ3n) is 3.66. The predicted octanol–water partition coefficient (Wildman–Crippen LogP) is 3.50. The maximum atomic E-state index is 12.3. The molecule has 2 heterocycles. The van der Waals surface area contributed by atoms with Crippen LogP contribution in [0.3, 0.4) is 0 Å². The molecule has 23 heavy (non-hydrogen) atoms. The summed E-state index contributed by atoms with van der Waals surface area (Å²) in [6.45, 7) is 4.13. The standard InChI is InChI=1S/C16H18N4O2S/c1-10-8-12(22-19-10)9-17-16(21)20(3)11(2)15-18-13-6-4-5-7-14(13)23-15/h4-8,11H,9H2,1-3H3,(H,17,21). The Morgan fingerprint density at radius 3 is 2.91 bits per heavy atom. The number of rotatable bonds is 4. The van der Waals surface area contributed by atoms with E-state index in [9.17, 15) is 4.79 Å². The van der Waals surface area contributed by atoms with Crippen LogP contribution < -0.4 is 5.32 Å². The number of benzene rings is 1. The van der Waals surface area contributed by atoms with Gasteiger partial charge in [0, 0.05) is 13.1 Å². The SMILES string of the molecule is Cc1cc(CNC(=O)N(C)C(C)c2nc3ccccc3s2)on1. The molecule has 0 aliphatic rings. The van der Waals surface area contributed by atoms with E-state index < -0.39 is 0 Å². The average Bonchev–Trinajstić information content (AvgIpc) is 3.16. The lowest BCUT2D eigenvalue weighted by Gasteiger charge is -2.23. The monoisotopic (exact) mass is 330 g/mol. The van der Waals surface area contributed by atoms with E-state index in [1.165, 1.54) is 0 Å². The molecule has 1 aromatic carbocycles. The van der Waals surface area contributed by atoms with Gasteiger partial charge in [-0.05, 0) is 26.0 Å². The largest absolute Gasteiger partial charge is 0.359 e. The third-order valence-corrected chi connectivity index (χ3v) is 4.87. The number of thiazole rings is 1. The fraction of sp³-hybridized carbons (Fsp3) is 0.312. The number of para-hydroxylation sites is 1. The fourth-order valence-electron chi connectivity index (χ4n) is 2.20. The molecule has 0 spiro atoms. The van der Waals surface area contributed by atoms with Crippen LogP contribution in [-0.2, 0) is 6.54 Å². The molecule has 0 saturated carbocycles. The van der Waals surface area contributed by atoms with E-state index in [1.54, 1.807) is 29.4 Å². The molecule has 3 rings (SSSR count). The van der Waals surface area contributed by atoms with Crippen LogP contribution in [0.5, 0.6) is 0 Å². The number of fused-ring (bicyclic) bond motifs is 1. The Morgan fingerprint density at radius 1 is 1.43 bits per heavy atom. The van der Waals surface area contributed by atoms with E-state index in [-0.39, 0.29) is 12.1 Å². The van der Waals surface area contributed by atoms with Crippen molar-refractivity contribution in [2.75, 3.05) is 7.05 Å². The van der Waals surface area contributed by atoms with Gasteiger partial charge in [-0.25, -0.2) is 9.78 Å². The van der Waals surface area contributed by atoms with Gasteiger partial charge in [0.15, 0.2) is 5.76 Å². The van der Waals surface area contributed by atoms with Crippen molar-refractivity contribution in [2.24, 2.45) is 0 Å². The Morgan fingerprint density at radius 2 is 2.22 bits per heavy atom. The molecule has 1 unspecified atom stereocenters. The van der Waals surface area contributed by atoms with Crippen molar-refractivity contribution in [3.63, 3.8) is 0 Å². The molecule has 0 aliphatic heterocycles. The van der Waals surface area contributed by atoms with Gasteiger partial charge in [-0.2, -0.15) is 0 Å². The van der Waals surface area contributed by atoms with Crippen LogP contribution in [0, 0.1) is 6.92 Å². The molecule has 0 saturated heterocycles. The van der Waals surface area contributed by atoms with Crippen LogP contribution in [0.4, 0.5) is 4.79 Å². The molecule has 0 aliphatic carbocycles. The van der Waals surface area contributed by atoms with Gasteiger partial charge >= 0.3 is 6.03 Å². The summed E-state index contributed by atoms with van der Waals surface area (Å²) in [4.78, 5) is 18.5. The van der Waals surface area contributed by atoms with Gasteiger partial charge in [0.05, 0.1) is 28.5 Å². The highest BCUT2D eigenvalue weighted by Gasteiger charge is 2.20. The van der Waals surface area contributed by atoms with Crippen LogP contribution >= 0.6 is 11.3 Å². The van der Waals surface area contributed by atoms with Gasteiger partial charge in [0.1, 0.15) is 5.01 Å². The molecular formula is C16H18N4O2S. The van der Waals surface area contributed by atoms with E-state index in [2.05, 4.69) is 15.5 Å². The van der Waals surface area contributed by atoms with Crippen LogP contribution in [-0.4, -0.2) is 28.1 Å². The number of urea groups is 1. The molecule has 2 aromatic heterocycles. The van der Waals surface area contributed by atoms with Gasteiger partial charge in [0.2, 0.25) is 0 Å². The van der Waals surface area contributed by atoms with E-state index in [1.807, 2.05) is 38.1 Å². The molecule has 120 valence electrons. The highest BCUT2D eigenvalue weighted by molar-refractivity contribution is 7.18. The van der Waals surface area contributed by atoms with Crippen LogP contribution in [0.25, 0.3) is 10.2 Å². The summed E-state index contributed by atoms with van der Waals surface area (Å²) in [5.74, 6) is 0.636. The maximum Gasteiger partial charge on any atom is 0.318 e. The summed E-state index contributed by atoms with van der Waals surface area (Å²) in [5.41, 5.74) is 1.76. The summed E-state index contributed by atoms with van der Waals surface area (Å²) in [6.07, 6.45) is 0. The highest BCUT2D eigenvalue weighted by atomic mass is 32.1. The number of amides is 2. The van der Waals surface area contributed by atoms with E-state index in [0.29, 0.717) is 12.3 Å². The number of carbonyl (C=O) groups excluding carboxylic acids is 1. The second-order valence-corrected chi connectivity index (χ2v) is 6.46. The van der Waals surface area contributed by atoms with E-state index in [4.69, 9.17) is 4.52 Å². The zero-order chi connectivity index (χ0) is 16.4. The van der Waals surface area contributed by atoms with Crippen molar-refractivity contribution in [3.8, 4) is 0 Å². The molecule has 2 amide bonds. The van der Waals surface area contributed by atoms with Gasteiger partial charge < -0.3 is 14.7 Å². The topological polar surface area (TPSA) is 71.3 Å². The zero-order valence-electron chi connectivity index (χ0n) is 13.2. The lowest BCUT2D eigenvalue weighted by molar-refractivity contribution is 0.192. The Kier molecular flexibility index (Phi) is 4.29. The number of hydrogen-bond donors (Lipinski definition) is 1. The minimum atomic E-state index is -0.175. The number of nitrogens with zero attached hydrogens (tertiary/aromatic N) is 3. The molecule has 0 radical (unpaired) electrons. The second kappa shape index (κ2) is 6.37. The third kappa shape index (κ3) is 3.34. The zero-order valence-corrected chi connectivity index (χ0v) is 14.1. The van der Waals surface area contributed by atoms with Gasteiger partial charge in [-0.1, -0.05) is 17.3 Å². The lowest BCUT2D eigenvalue weighted by atomic mass is 10.3. The Hall–Kier alpha value is -2.41. The van der Waals surface area contributed by atoms with Crippen LogP contribution in [0.2, 0.25) is 0 Å². The van der Waals surface area contributed by atoms with Crippen molar-refractivity contribution in [1.29, 1.82) is 0 Å². The summed E-state index contributed by atoms with van der Waals surface area (Å²) >= 11 is 1.61. The van der Waals surface area contributed by atoms with Crippen molar-refractivity contribution in [3.05, 3.63) is 46.8 Å². The molecule has 6 nitrogen and oxygen atoms in total. The lowest BCUT2D eigenvalue weighted by Crippen LogP contribution is -2.38. The van der Waals surface area contributed by atoms with E-state index >= 15 is 0 Å². The number of hydrogen-bond acceptors (Lipinski definition) is 5. The molecular weight excluding hydrogens is 312 g/mol. The molecule has 3 aromatic rings. The van der Waals surface area contributed by atoms with Crippen molar-refractivity contribution in [1.82, 2.24) is 20.4 Å². The summed E-state index contributed by atoms with van der Waals surface area (Å²) in [7, 11) is 1.76. The summed E-state index contributed by atoms with van der Waals surface area (Å²) in [5, 5.41) is 7.54. The molecule has 0 fully saturated rings. The molecule has 1 atom stereocenters.